The van der Waals surface area contributed by atoms with Crippen LogP contribution in [0, 0.1) is 0 Å². The highest BCUT2D eigenvalue weighted by Crippen LogP contribution is 2.11. The number of thiocarbonyl (C=S) groups is 1. The fourth-order valence-electron chi connectivity index (χ4n) is 1.60. The van der Waals surface area contributed by atoms with Crippen LogP contribution in [0.25, 0.3) is 0 Å². The largest absolute Gasteiger partial charge is 0.490 e. The van der Waals surface area contributed by atoms with E-state index in [1.165, 1.54) is 0 Å². The van der Waals surface area contributed by atoms with E-state index in [-0.39, 0.29) is 16.9 Å². The number of rotatable bonds is 7. The highest BCUT2D eigenvalue weighted by Gasteiger charge is 2.07. The van der Waals surface area contributed by atoms with Gasteiger partial charge in [0.1, 0.15) is 12.4 Å². The Bertz CT molecular complexity index is 558. The Morgan fingerprint density at radius 1 is 1.26 bits per heavy atom. The van der Waals surface area contributed by atoms with E-state index in [1.54, 1.807) is 30.3 Å². The monoisotopic (exact) mass is 335 g/mol. The number of ether oxygens (including phenoxy) is 1. The smallest absolute Gasteiger partial charge is 0.269 e. The van der Waals surface area contributed by atoms with Gasteiger partial charge in [-0.05, 0) is 42.9 Å². The Labute approximate surface area is 141 Å². The second-order valence-corrected chi connectivity index (χ2v) is 5.09. The summed E-state index contributed by atoms with van der Waals surface area (Å²) in [5.74, 6) is 0.0980. The molecule has 0 saturated carbocycles. The maximum absolute atomic E-state index is 11.9. The van der Waals surface area contributed by atoms with Crippen molar-refractivity contribution < 1.29 is 14.3 Å². The number of benzene rings is 1. The minimum absolute atomic E-state index is 0.0605. The first kappa shape index (κ1) is 18.6. The SMILES string of the molecule is C=CCOc1ccc(C(=O)NNC(=S)NC(=O)CCCC)cc1. The van der Waals surface area contributed by atoms with Gasteiger partial charge in [-0.1, -0.05) is 26.0 Å². The average molecular weight is 335 g/mol. The van der Waals surface area contributed by atoms with E-state index < -0.39 is 0 Å². The third-order valence-electron chi connectivity index (χ3n) is 2.78. The number of hydrogen-bond acceptors (Lipinski definition) is 4. The Morgan fingerprint density at radius 3 is 2.57 bits per heavy atom. The van der Waals surface area contributed by atoms with Crippen LogP contribution in [0.1, 0.15) is 36.5 Å². The Balaban J connectivity index is 2.39. The van der Waals surface area contributed by atoms with Crippen LogP contribution in [-0.2, 0) is 4.79 Å². The van der Waals surface area contributed by atoms with Crippen LogP contribution >= 0.6 is 12.2 Å². The molecule has 1 aromatic carbocycles. The van der Waals surface area contributed by atoms with E-state index in [0.717, 1.165) is 12.8 Å². The molecule has 0 unspecified atom stereocenters. The fraction of sp³-hybridized carbons (Fsp3) is 0.312. The highest BCUT2D eigenvalue weighted by molar-refractivity contribution is 7.80. The lowest BCUT2D eigenvalue weighted by molar-refractivity contribution is -0.119. The molecule has 6 nitrogen and oxygen atoms in total. The Morgan fingerprint density at radius 2 is 1.96 bits per heavy atom. The van der Waals surface area contributed by atoms with E-state index >= 15 is 0 Å². The van der Waals surface area contributed by atoms with E-state index in [2.05, 4.69) is 22.7 Å². The van der Waals surface area contributed by atoms with Crippen molar-refractivity contribution in [2.45, 2.75) is 26.2 Å². The number of hydrazine groups is 1. The highest BCUT2D eigenvalue weighted by atomic mass is 32.1. The van der Waals surface area contributed by atoms with Crippen molar-refractivity contribution in [3.8, 4) is 5.75 Å². The molecular formula is C16H21N3O3S. The summed E-state index contributed by atoms with van der Waals surface area (Å²) in [5, 5.41) is 2.55. The molecule has 3 N–H and O–H groups in total. The zero-order valence-electron chi connectivity index (χ0n) is 13.1. The molecule has 0 aliphatic rings. The van der Waals surface area contributed by atoms with Gasteiger partial charge in [0.25, 0.3) is 5.91 Å². The van der Waals surface area contributed by atoms with Gasteiger partial charge in [-0.15, -0.1) is 0 Å². The van der Waals surface area contributed by atoms with Crippen LogP contribution < -0.4 is 20.9 Å². The maximum atomic E-state index is 11.9. The molecular weight excluding hydrogens is 314 g/mol. The van der Waals surface area contributed by atoms with Gasteiger partial charge in [-0.3, -0.25) is 20.4 Å². The van der Waals surface area contributed by atoms with Crippen LogP contribution in [-0.4, -0.2) is 23.5 Å². The topological polar surface area (TPSA) is 79.5 Å². The lowest BCUT2D eigenvalue weighted by atomic mass is 10.2. The average Bonchev–Trinajstić information content (AvgIpc) is 2.56. The third kappa shape index (κ3) is 7.42. The number of carbonyl (C=O) groups excluding carboxylic acids is 2. The summed E-state index contributed by atoms with van der Waals surface area (Å²) in [5.41, 5.74) is 5.35. The van der Waals surface area contributed by atoms with Gasteiger partial charge in [0.15, 0.2) is 5.11 Å². The molecule has 0 bridgehead atoms. The molecule has 7 heteroatoms. The van der Waals surface area contributed by atoms with Gasteiger partial charge >= 0.3 is 0 Å². The zero-order valence-corrected chi connectivity index (χ0v) is 13.9. The molecule has 0 saturated heterocycles. The van der Waals surface area contributed by atoms with E-state index in [9.17, 15) is 9.59 Å². The third-order valence-corrected chi connectivity index (χ3v) is 2.99. The van der Waals surface area contributed by atoms with Crippen LogP contribution in [0.3, 0.4) is 0 Å². The summed E-state index contributed by atoms with van der Waals surface area (Å²) < 4.78 is 5.33. The molecule has 0 atom stereocenters. The number of hydrogen-bond donors (Lipinski definition) is 3. The van der Waals surface area contributed by atoms with Crippen LogP contribution in [0.15, 0.2) is 36.9 Å². The molecule has 1 rings (SSSR count). The van der Waals surface area contributed by atoms with Crippen molar-refractivity contribution in [3.63, 3.8) is 0 Å². The molecule has 0 fully saturated rings. The fourth-order valence-corrected chi connectivity index (χ4v) is 1.77. The molecule has 2 amide bonds. The van der Waals surface area contributed by atoms with Gasteiger partial charge < -0.3 is 10.1 Å². The minimum atomic E-state index is -0.370. The van der Waals surface area contributed by atoms with Crippen LogP contribution in [0.2, 0.25) is 0 Å². The molecule has 0 aromatic heterocycles. The van der Waals surface area contributed by atoms with Crippen molar-refractivity contribution in [2.75, 3.05) is 6.61 Å². The number of amides is 2. The first-order valence-electron chi connectivity index (χ1n) is 7.30. The lowest BCUT2D eigenvalue weighted by Crippen LogP contribution is -2.48. The summed E-state index contributed by atoms with van der Waals surface area (Å²) in [6, 6.07) is 6.61. The van der Waals surface area contributed by atoms with Gasteiger partial charge in [0.2, 0.25) is 5.91 Å². The normalized spacial score (nSPS) is 9.61. The zero-order chi connectivity index (χ0) is 17.1. The number of unbranched alkanes of at least 4 members (excludes halogenated alkanes) is 1. The van der Waals surface area contributed by atoms with E-state index in [1.807, 2.05) is 6.92 Å². The van der Waals surface area contributed by atoms with E-state index in [4.69, 9.17) is 17.0 Å². The molecule has 0 aliphatic heterocycles. The van der Waals surface area contributed by atoms with Crippen LogP contribution in [0.5, 0.6) is 5.75 Å². The summed E-state index contributed by atoms with van der Waals surface area (Å²) in [6.45, 7) is 5.96. The second-order valence-electron chi connectivity index (χ2n) is 4.68. The maximum Gasteiger partial charge on any atom is 0.269 e. The second kappa shape index (κ2) is 10.3. The molecule has 1 aromatic rings. The van der Waals surface area contributed by atoms with Gasteiger partial charge in [0.05, 0.1) is 0 Å². The van der Waals surface area contributed by atoms with Crippen molar-refractivity contribution in [2.24, 2.45) is 0 Å². The summed E-state index contributed by atoms with van der Waals surface area (Å²) in [6.07, 6.45) is 3.76. The van der Waals surface area contributed by atoms with Crippen molar-refractivity contribution in [3.05, 3.63) is 42.5 Å². The molecule has 0 radical (unpaired) electrons. The molecule has 0 aliphatic carbocycles. The van der Waals surface area contributed by atoms with Crippen LogP contribution in [0.4, 0.5) is 0 Å². The predicted molar refractivity (Wildman–Crippen MR) is 93.0 cm³/mol. The molecule has 0 spiro atoms. The standard InChI is InChI=1S/C16H21N3O3S/c1-3-5-6-14(20)17-16(23)19-18-15(21)12-7-9-13(10-8-12)22-11-4-2/h4,7-10H,2-3,5-6,11H2,1H3,(H,18,21)(H2,17,19,20,23). The van der Waals surface area contributed by atoms with Gasteiger partial charge in [-0.2, -0.15) is 0 Å². The summed E-state index contributed by atoms with van der Waals surface area (Å²) >= 11 is 4.93. The minimum Gasteiger partial charge on any atom is -0.490 e. The van der Waals surface area contributed by atoms with E-state index in [0.29, 0.717) is 24.3 Å². The lowest BCUT2D eigenvalue weighted by Gasteiger charge is -2.11. The Kier molecular flexibility index (Phi) is 8.38. The number of nitrogens with one attached hydrogen (secondary N) is 3. The molecule has 23 heavy (non-hydrogen) atoms. The summed E-state index contributed by atoms with van der Waals surface area (Å²) in [7, 11) is 0. The predicted octanol–water partition coefficient (Wildman–Crippen LogP) is 2.08. The van der Waals surface area contributed by atoms with Crippen molar-refractivity contribution in [1.82, 2.24) is 16.2 Å². The number of carbonyl (C=O) groups is 2. The first-order chi connectivity index (χ1) is 11.1. The van der Waals surface area contributed by atoms with Gasteiger partial charge in [0, 0.05) is 12.0 Å². The molecule has 124 valence electrons. The van der Waals surface area contributed by atoms with Crippen molar-refractivity contribution in [1.29, 1.82) is 0 Å². The quantitative estimate of drug-likeness (QED) is 0.404. The van der Waals surface area contributed by atoms with Gasteiger partial charge in [-0.25, -0.2) is 0 Å². The Hall–Kier alpha value is -2.41. The van der Waals surface area contributed by atoms with Crippen molar-refractivity contribution >= 4 is 29.1 Å². The summed E-state index contributed by atoms with van der Waals surface area (Å²) in [4.78, 5) is 23.4. The first-order valence-corrected chi connectivity index (χ1v) is 7.71. The molecule has 0 heterocycles.